The SMILES string of the molecule is CCC(CNC(C)C)OCCOC(C)C. The molecule has 1 unspecified atom stereocenters. The summed E-state index contributed by atoms with van der Waals surface area (Å²) in [6.07, 6.45) is 1.65. The molecular formula is C12H27NO2. The van der Waals surface area contributed by atoms with Gasteiger partial charge in [-0.2, -0.15) is 0 Å². The van der Waals surface area contributed by atoms with E-state index in [9.17, 15) is 0 Å². The van der Waals surface area contributed by atoms with Crippen molar-refractivity contribution in [3.8, 4) is 0 Å². The van der Waals surface area contributed by atoms with Crippen molar-refractivity contribution in [2.75, 3.05) is 19.8 Å². The fourth-order valence-corrected chi connectivity index (χ4v) is 1.19. The van der Waals surface area contributed by atoms with Crippen molar-refractivity contribution in [1.29, 1.82) is 0 Å². The third-order valence-corrected chi connectivity index (χ3v) is 2.10. The third-order valence-electron chi connectivity index (χ3n) is 2.10. The molecule has 0 saturated heterocycles. The van der Waals surface area contributed by atoms with Gasteiger partial charge in [-0.25, -0.2) is 0 Å². The Morgan fingerprint density at radius 1 is 1.00 bits per heavy atom. The standard InChI is InChI=1S/C12H27NO2/c1-6-12(9-13-10(2)3)15-8-7-14-11(4)5/h10-13H,6-9H2,1-5H3. The summed E-state index contributed by atoms with van der Waals surface area (Å²) in [7, 11) is 0. The van der Waals surface area contributed by atoms with Crippen LogP contribution in [0.25, 0.3) is 0 Å². The molecule has 92 valence electrons. The summed E-state index contributed by atoms with van der Waals surface area (Å²) in [6, 6.07) is 0.523. The highest BCUT2D eigenvalue weighted by molar-refractivity contribution is 4.62. The van der Waals surface area contributed by atoms with Crippen molar-refractivity contribution < 1.29 is 9.47 Å². The van der Waals surface area contributed by atoms with E-state index in [1.807, 2.05) is 13.8 Å². The molecule has 0 bridgehead atoms. The lowest BCUT2D eigenvalue weighted by molar-refractivity contribution is -0.0135. The van der Waals surface area contributed by atoms with Crippen LogP contribution in [0, 0.1) is 0 Å². The second-order valence-corrected chi connectivity index (χ2v) is 4.38. The molecule has 0 aromatic rings. The molecule has 0 amide bonds. The summed E-state index contributed by atoms with van der Waals surface area (Å²) in [4.78, 5) is 0. The van der Waals surface area contributed by atoms with Crippen LogP contribution < -0.4 is 5.32 Å². The number of rotatable bonds is 9. The zero-order chi connectivity index (χ0) is 11.7. The fourth-order valence-electron chi connectivity index (χ4n) is 1.19. The Hall–Kier alpha value is -0.120. The van der Waals surface area contributed by atoms with Crippen molar-refractivity contribution in [3.05, 3.63) is 0 Å². The maximum Gasteiger partial charge on any atom is 0.0705 e. The molecule has 0 fully saturated rings. The molecule has 3 heteroatoms. The summed E-state index contributed by atoms with van der Waals surface area (Å²) in [6.45, 7) is 12.8. The molecule has 0 saturated carbocycles. The molecule has 0 heterocycles. The highest BCUT2D eigenvalue weighted by Crippen LogP contribution is 1.98. The van der Waals surface area contributed by atoms with Gasteiger partial charge in [0.05, 0.1) is 25.4 Å². The Morgan fingerprint density at radius 2 is 1.60 bits per heavy atom. The summed E-state index contributed by atoms with van der Waals surface area (Å²) in [5.41, 5.74) is 0. The molecule has 0 aromatic heterocycles. The van der Waals surface area contributed by atoms with Crippen LogP contribution in [0.4, 0.5) is 0 Å². The van der Waals surface area contributed by atoms with E-state index in [1.54, 1.807) is 0 Å². The predicted molar refractivity (Wildman–Crippen MR) is 64.3 cm³/mol. The van der Waals surface area contributed by atoms with Crippen molar-refractivity contribution >= 4 is 0 Å². The van der Waals surface area contributed by atoms with E-state index in [2.05, 4.69) is 26.1 Å². The second kappa shape index (κ2) is 9.13. The van der Waals surface area contributed by atoms with Crippen LogP contribution in [-0.4, -0.2) is 38.0 Å². The molecule has 15 heavy (non-hydrogen) atoms. The highest BCUT2D eigenvalue weighted by Gasteiger charge is 2.06. The van der Waals surface area contributed by atoms with Gasteiger partial charge in [0.15, 0.2) is 0 Å². The van der Waals surface area contributed by atoms with E-state index in [0.29, 0.717) is 31.5 Å². The van der Waals surface area contributed by atoms with Crippen LogP contribution >= 0.6 is 0 Å². The van der Waals surface area contributed by atoms with E-state index in [0.717, 1.165) is 13.0 Å². The zero-order valence-electron chi connectivity index (χ0n) is 10.9. The van der Waals surface area contributed by atoms with E-state index in [-0.39, 0.29) is 0 Å². The van der Waals surface area contributed by atoms with Gasteiger partial charge in [-0.3, -0.25) is 0 Å². The van der Waals surface area contributed by atoms with Crippen LogP contribution in [0.1, 0.15) is 41.0 Å². The monoisotopic (exact) mass is 217 g/mol. The van der Waals surface area contributed by atoms with Crippen molar-refractivity contribution in [1.82, 2.24) is 5.32 Å². The maximum atomic E-state index is 5.70. The van der Waals surface area contributed by atoms with Gasteiger partial charge in [0, 0.05) is 12.6 Å². The zero-order valence-corrected chi connectivity index (χ0v) is 10.9. The van der Waals surface area contributed by atoms with Gasteiger partial charge in [-0.05, 0) is 20.3 Å². The number of nitrogens with one attached hydrogen (secondary N) is 1. The van der Waals surface area contributed by atoms with Crippen LogP contribution in [0.15, 0.2) is 0 Å². The Balaban J connectivity index is 3.44. The lowest BCUT2D eigenvalue weighted by Crippen LogP contribution is -2.33. The maximum absolute atomic E-state index is 5.70. The summed E-state index contributed by atoms with van der Waals surface area (Å²) >= 11 is 0. The van der Waals surface area contributed by atoms with Crippen molar-refractivity contribution in [2.24, 2.45) is 0 Å². The average Bonchev–Trinajstić information content (AvgIpc) is 2.16. The quantitative estimate of drug-likeness (QED) is 0.601. The Bertz CT molecular complexity index is 138. The molecule has 0 aliphatic rings. The normalized spacial score (nSPS) is 13.8. The van der Waals surface area contributed by atoms with Gasteiger partial charge in [0.25, 0.3) is 0 Å². The summed E-state index contributed by atoms with van der Waals surface area (Å²) in [5.74, 6) is 0. The number of hydrogen-bond donors (Lipinski definition) is 1. The average molecular weight is 217 g/mol. The third kappa shape index (κ3) is 10.2. The molecule has 0 aliphatic carbocycles. The molecule has 1 N–H and O–H groups in total. The van der Waals surface area contributed by atoms with Crippen LogP contribution in [0.3, 0.4) is 0 Å². The van der Waals surface area contributed by atoms with Gasteiger partial charge in [-0.1, -0.05) is 20.8 Å². The van der Waals surface area contributed by atoms with Crippen LogP contribution in [0.2, 0.25) is 0 Å². The minimum atomic E-state index is 0.294. The molecule has 0 aliphatic heterocycles. The molecular weight excluding hydrogens is 190 g/mol. The van der Waals surface area contributed by atoms with E-state index in [4.69, 9.17) is 9.47 Å². The van der Waals surface area contributed by atoms with Gasteiger partial charge in [-0.15, -0.1) is 0 Å². The fraction of sp³-hybridized carbons (Fsp3) is 1.00. The van der Waals surface area contributed by atoms with Gasteiger partial charge in [0.1, 0.15) is 0 Å². The molecule has 0 rings (SSSR count). The largest absolute Gasteiger partial charge is 0.376 e. The van der Waals surface area contributed by atoms with E-state index in [1.165, 1.54) is 0 Å². The lowest BCUT2D eigenvalue weighted by Gasteiger charge is -2.18. The van der Waals surface area contributed by atoms with Crippen molar-refractivity contribution in [2.45, 2.75) is 59.3 Å². The second-order valence-electron chi connectivity index (χ2n) is 4.38. The summed E-state index contributed by atoms with van der Waals surface area (Å²) < 4.78 is 11.1. The predicted octanol–water partition coefficient (Wildman–Crippen LogP) is 2.20. The summed E-state index contributed by atoms with van der Waals surface area (Å²) in [5, 5.41) is 3.38. The number of ether oxygens (including phenoxy) is 2. The van der Waals surface area contributed by atoms with Gasteiger partial charge >= 0.3 is 0 Å². The van der Waals surface area contributed by atoms with Crippen molar-refractivity contribution in [3.63, 3.8) is 0 Å². The molecule has 0 aromatic carbocycles. The highest BCUT2D eigenvalue weighted by atomic mass is 16.5. The smallest absolute Gasteiger partial charge is 0.0705 e. The van der Waals surface area contributed by atoms with E-state index >= 15 is 0 Å². The van der Waals surface area contributed by atoms with Gasteiger partial charge in [0.2, 0.25) is 0 Å². The minimum absolute atomic E-state index is 0.294. The topological polar surface area (TPSA) is 30.5 Å². The van der Waals surface area contributed by atoms with E-state index < -0.39 is 0 Å². The van der Waals surface area contributed by atoms with Crippen LogP contribution in [-0.2, 0) is 9.47 Å². The first-order valence-corrected chi connectivity index (χ1v) is 6.02. The Morgan fingerprint density at radius 3 is 2.07 bits per heavy atom. The molecule has 0 spiro atoms. The Kier molecular flexibility index (Phi) is 9.06. The lowest BCUT2D eigenvalue weighted by atomic mass is 10.2. The molecule has 3 nitrogen and oxygen atoms in total. The molecule has 1 atom stereocenters. The molecule has 0 radical (unpaired) electrons. The van der Waals surface area contributed by atoms with Gasteiger partial charge < -0.3 is 14.8 Å². The number of hydrogen-bond acceptors (Lipinski definition) is 3. The first-order chi connectivity index (χ1) is 7.06. The minimum Gasteiger partial charge on any atom is -0.376 e. The first-order valence-electron chi connectivity index (χ1n) is 6.02. The van der Waals surface area contributed by atoms with Crippen LogP contribution in [0.5, 0.6) is 0 Å². The first kappa shape index (κ1) is 14.9. The Labute approximate surface area is 94.5 Å².